The molecule has 1 heterocycles. The Morgan fingerprint density at radius 1 is 1.00 bits per heavy atom. The first-order chi connectivity index (χ1) is 14.5. The summed E-state index contributed by atoms with van der Waals surface area (Å²) in [6, 6.07) is 14.5. The van der Waals surface area contributed by atoms with Crippen molar-refractivity contribution in [3.8, 4) is 0 Å². The molecular weight excluding hydrogens is 444 g/mol. The van der Waals surface area contributed by atoms with Crippen molar-refractivity contribution in [3.63, 3.8) is 0 Å². The first kappa shape index (κ1) is 19.0. The molecule has 2 aliphatic carbocycles. The van der Waals surface area contributed by atoms with Crippen LogP contribution < -0.4 is 10.2 Å². The minimum absolute atomic E-state index is 0.101. The van der Waals surface area contributed by atoms with E-state index in [2.05, 4.69) is 33.4 Å². The lowest BCUT2D eigenvalue weighted by Crippen LogP contribution is -2.32. The van der Waals surface area contributed by atoms with E-state index in [1.807, 2.05) is 18.2 Å². The van der Waals surface area contributed by atoms with Crippen LogP contribution in [0.2, 0.25) is 0 Å². The van der Waals surface area contributed by atoms with Gasteiger partial charge in [-0.3, -0.25) is 14.4 Å². The molecule has 0 aromatic heterocycles. The molecule has 2 bridgehead atoms. The van der Waals surface area contributed by atoms with Crippen LogP contribution in [-0.4, -0.2) is 17.7 Å². The molecule has 1 saturated heterocycles. The molecule has 2 aromatic rings. The molecule has 3 amide bonds. The van der Waals surface area contributed by atoms with Crippen molar-refractivity contribution >= 4 is 51.1 Å². The van der Waals surface area contributed by atoms with Crippen LogP contribution in [0.4, 0.5) is 11.4 Å². The Morgan fingerprint density at radius 2 is 1.67 bits per heavy atom. The number of hydrogen-bond donors (Lipinski definition) is 1. The zero-order valence-corrected chi connectivity index (χ0v) is 17.6. The number of allylic oxidation sites excluding steroid dienone is 2. The second-order valence-corrected chi connectivity index (χ2v) is 8.85. The van der Waals surface area contributed by atoms with E-state index in [4.69, 9.17) is 0 Å². The minimum atomic E-state index is -0.256. The number of rotatable bonds is 4. The van der Waals surface area contributed by atoms with Crippen LogP contribution in [0.15, 0.2) is 71.2 Å². The third-order valence-electron chi connectivity index (χ3n) is 6.14. The molecule has 3 aliphatic rings. The number of fused-ring (bicyclic) bond motifs is 5. The lowest BCUT2D eigenvalue weighted by molar-refractivity contribution is -0.123. The second kappa shape index (κ2) is 7.36. The molecule has 1 saturated carbocycles. The van der Waals surface area contributed by atoms with Crippen LogP contribution in [0.25, 0.3) is 6.08 Å². The van der Waals surface area contributed by atoms with Crippen LogP contribution >= 0.6 is 15.9 Å². The molecule has 2 aromatic carbocycles. The van der Waals surface area contributed by atoms with Crippen molar-refractivity contribution in [2.75, 3.05) is 10.2 Å². The lowest BCUT2D eigenvalue weighted by atomic mass is 9.85. The Hall–Kier alpha value is -2.99. The summed E-state index contributed by atoms with van der Waals surface area (Å²) in [7, 11) is 0. The van der Waals surface area contributed by atoms with E-state index in [0.29, 0.717) is 11.4 Å². The highest BCUT2D eigenvalue weighted by Gasteiger charge is 2.59. The van der Waals surface area contributed by atoms with Crippen molar-refractivity contribution in [1.29, 1.82) is 0 Å². The quantitative estimate of drug-likeness (QED) is 0.415. The molecule has 150 valence electrons. The van der Waals surface area contributed by atoms with Gasteiger partial charge in [-0.25, -0.2) is 4.90 Å². The molecule has 0 spiro atoms. The zero-order valence-electron chi connectivity index (χ0n) is 16.0. The maximum atomic E-state index is 13.0. The number of halogens is 1. The smallest absolute Gasteiger partial charge is 0.248 e. The largest absolute Gasteiger partial charge is 0.323 e. The van der Waals surface area contributed by atoms with Crippen molar-refractivity contribution in [2.24, 2.45) is 23.7 Å². The van der Waals surface area contributed by atoms with Crippen molar-refractivity contribution in [2.45, 2.75) is 6.42 Å². The average Bonchev–Trinajstić information content (AvgIpc) is 3.42. The molecule has 6 heteroatoms. The Labute approximate surface area is 182 Å². The van der Waals surface area contributed by atoms with Gasteiger partial charge in [0.2, 0.25) is 17.7 Å². The third kappa shape index (κ3) is 3.21. The normalized spacial score (nSPS) is 26.6. The summed E-state index contributed by atoms with van der Waals surface area (Å²) < 4.78 is 0.937. The van der Waals surface area contributed by atoms with Crippen molar-refractivity contribution in [1.82, 2.24) is 0 Å². The summed E-state index contributed by atoms with van der Waals surface area (Å²) in [6.45, 7) is 0. The number of hydrogen-bond acceptors (Lipinski definition) is 3. The van der Waals surface area contributed by atoms with E-state index in [-0.39, 0.29) is 41.4 Å². The summed E-state index contributed by atoms with van der Waals surface area (Å²) in [4.78, 5) is 39.5. The van der Waals surface area contributed by atoms with E-state index in [9.17, 15) is 14.4 Å². The fourth-order valence-electron chi connectivity index (χ4n) is 4.81. The van der Waals surface area contributed by atoms with Gasteiger partial charge in [-0.1, -0.05) is 40.2 Å². The van der Waals surface area contributed by atoms with Crippen LogP contribution in [0, 0.1) is 23.7 Å². The highest BCUT2D eigenvalue weighted by Crippen LogP contribution is 2.53. The molecule has 4 unspecified atom stereocenters. The van der Waals surface area contributed by atoms with Gasteiger partial charge < -0.3 is 5.32 Å². The number of benzene rings is 2. The zero-order chi connectivity index (χ0) is 20.8. The molecule has 5 nitrogen and oxygen atoms in total. The SMILES string of the molecule is O=C(/C=C/c1cccc(N2C(=O)C3C4C=CC(C4)C3C2=O)c1)Nc1ccc(Br)cc1. The molecule has 1 N–H and O–H groups in total. The third-order valence-corrected chi connectivity index (χ3v) is 6.67. The Bertz CT molecular complexity index is 1080. The number of nitrogens with one attached hydrogen (secondary N) is 1. The van der Waals surface area contributed by atoms with E-state index < -0.39 is 0 Å². The van der Waals surface area contributed by atoms with Gasteiger partial charge in [0.15, 0.2) is 0 Å². The molecule has 5 rings (SSSR count). The van der Waals surface area contributed by atoms with Gasteiger partial charge in [0.1, 0.15) is 0 Å². The molecule has 4 atom stereocenters. The molecule has 0 radical (unpaired) electrons. The summed E-state index contributed by atoms with van der Waals surface area (Å²) in [5.74, 6) is -0.523. The van der Waals surface area contributed by atoms with Gasteiger partial charge in [-0.15, -0.1) is 0 Å². The summed E-state index contributed by atoms with van der Waals surface area (Å²) in [5.41, 5.74) is 2.01. The highest BCUT2D eigenvalue weighted by atomic mass is 79.9. The minimum Gasteiger partial charge on any atom is -0.323 e. The van der Waals surface area contributed by atoms with Gasteiger partial charge in [0.05, 0.1) is 17.5 Å². The Kier molecular flexibility index (Phi) is 4.66. The number of amides is 3. The topological polar surface area (TPSA) is 66.5 Å². The number of carbonyl (C=O) groups excluding carboxylic acids is 3. The number of anilines is 2. The fraction of sp³-hybridized carbons (Fsp3) is 0.208. The maximum Gasteiger partial charge on any atom is 0.248 e. The van der Waals surface area contributed by atoms with Gasteiger partial charge >= 0.3 is 0 Å². The number of carbonyl (C=O) groups is 3. The first-order valence-electron chi connectivity index (χ1n) is 9.92. The summed E-state index contributed by atoms with van der Waals surface area (Å²) >= 11 is 3.36. The predicted molar refractivity (Wildman–Crippen MR) is 118 cm³/mol. The molecule has 1 aliphatic heterocycles. The highest BCUT2D eigenvalue weighted by molar-refractivity contribution is 9.10. The van der Waals surface area contributed by atoms with Gasteiger partial charge in [-0.2, -0.15) is 0 Å². The first-order valence-corrected chi connectivity index (χ1v) is 10.7. The number of imide groups is 1. The van der Waals surface area contributed by atoms with Gasteiger partial charge in [0, 0.05) is 16.2 Å². The van der Waals surface area contributed by atoms with Crippen LogP contribution in [0.1, 0.15) is 12.0 Å². The molecule has 30 heavy (non-hydrogen) atoms. The second-order valence-electron chi connectivity index (χ2n) is 7.94. The summed E-state index contributed by atoms with van der Waals surface area (Å²) in [5, 5.41) is 2.79. The fourth-order valence-corrected chi connectivity index (χ4v) is 5.08. The van der Waals surface area contributed by atoms with Crippen molar-refractivity contribution in [3.05, 3.63) is 76.8 Å². The van der Waals surface area contributed by atoms with E-state index >= 15 is 0 Å². The Balaban J connectivity index is 1.32. The van der Waals surface area contributed by atoms with E-state index in [1.165, 1.54) is 11.0 Å². The maximum absolute atomic E-state index is 13.0. The van der Waals surface area contributed by atoms with Gasteiger partial charge in [0.25, 0.3) is 0 Å². The number of nitrogens with zero attached hydrogens (tertiary/aromatic N) is 1. The van der Waals surface area contributed by atoms with Crippen LogP contribution in [-0.2, 0) is 14.4 Å². The van der Waals surface area contributed by atoms with Crippen LogP contribution in [0.5, 0.6) is 0 Å². The van der Waals surface area contributed by atoms with Crippen LogP contribution in [0.3, 0.4) is 0 Å². The Morgan fingerprint density at radius 3 is 2.33 bits per heavy atom. The monoisotopic (exact) mass is 462 g/mol. The van der Waals surface area contributed by atoms with E-state index in [1.54, 1.807) is 36.4 Å². The predicted octanol–water partition coefficient (Wildman–Crippen LogP) is 4.41. The van der Waals surface area contributed by atoms with E-state index in [0.717, 1.165) is 16.5 Å². The molecule has 2 fully saturated rings. The van der Waals surface area contributed by atoms with Gasteiger partial charge in [-0.05, 0) is 66.3 Å². The summed E-state index contributed by atoms with van der Waals surface area (Å²) in [6.07, 6.45) is 8.20. The lowest BCUT2D eigenvalue weighted by Gasteiger charge is -2.17. The van der Waals surface area contributed by atoms with Crippen molar-refractivity contribution < 1.29 is 14.4 Å². The standard InChI is InChI=1S/C24H19BrN2O3/c25-17-7-9-18(10-8-17)26-20(28)11-4-14-2-1-3-19(12-14)27-23(29)21-15-5-6-16(13-15)22(21)24(27)30/h1-12,15-16,21-22H,13H2,(H,26,28)/b11-4+. The molecular formula is C24H19BrN2O3. The average molecular weight is 463 g/mol.